The lowest BCUT2D eigenvalue weighted by molar-refractivity contribution is -0.136. The van der Waals surface area contributed by atoms with Gasteiger partial charge in [-0.05, 0) is 19.1 Å². The number of alkyl halides is 3. The maximum Gasteiger partial charge on any atom is 0.418 e. The lowest BCUT2D eigenvalue weighted by atomic mass is 10.1. The predicted molar refractivity (Wildman–Crippen MR) is 89.9 cm³/mol. The first-order chi connectivity index (χ1) is 12.5. The Morgan fingerprint density at radius 2 is 2.15 bits per heavy atom. The van der Waals surface area contributed by atoms with Crippen molar-refractivity contribution in [2.24, 2.45) is 0 Å². The fourth-order valence-electron chi connectivity index (χ4n) is 2.85. The highest BCUT2D eigenvalue weighted by atomic mass is 19.4. The van der Waals surface area contributed by atoms with Crippen molar-refractivity contribution >= 4 is 28.2 Å². The molecular formula is C17H14F3N4O2. The number of nitrogens with one attached hydrogen (secondary N) is 3. The molecule has 1 aliphatic rings. The van der Waals surface area contributed by atoms with Crippen molar-refractivity contribution < 1.29 is 22.6 Å². The van der Waals surface area contributed by atoms with Gasteiger partial charge >= 0.3 is 6.18 Å². The summed E-state index contributed by atoms with van der Waals surface area (Å²) >= 11 is 0. The standard InChI is InChI=1S/C17H14F3N4O2/c1-2-21-11-6-13(23-10-4-3-5-12-15(10)26-8-25-12)24-16-14(11)9(7-22-16)17(18,19)20/h3-4,6-7H,2,8H2,1H3,(H3,21,22,23,24). The Morgan fingerprint density at radius 1 is 1.31 bits per heavy atom. The summed E-state index contributed by atoms with van der Waals surface area (Å²) in [6.07, 6.45) is -3.55. The fraction of sp³-hybridized carbons (Fsp3) is 0.235. The van der Waals surface area contributed by atoms with Gasteiger partial charge in [0.05, 0.1) is 16.6 Å². The zero-order valence-corrected chi connectivity index (χ0v) is 13.6. The predicted octanol–water partition coefficient (Wildman–Crippen LogP) is 4.29. The van der Waals surface area contributed by atoms with E-state index in [1.165, 1.54) is 6.07 Å². The number of anilines is 3. The molecule has 3 heterocycles. The number of nitrogens with zero attached hydrogens (tertiary/aromatic N) is 1. The minimum absolute atomic E-state index is 0.0103. The van der Waals surface area contributed by atoms with Gasteiger partial charge in [0, 0.05) is 30.6 Å². The molecule has 2 aromatic heterocycles. The Kier molecular flexibility index (Phi) is 3.78. The highest BCUT2D eigenvalue weighted by Gasteiger charge is 2.35. The third kappa shape index (κ3) is 2.75. The summed E-state index contributed by atoms with van der Waals surface area (Å²) in [5, 5.41) is 6.04. The van der Waals surface area contributed by atoms with Crippen LogP contribution >= 0.6 is 0 Å². The van der Waals surface area contributed by atoms with Crippen molar-refractivity contribution in [2.45, 2.75) is 13.1 Å². The Hall–Kier alpha value is -3.10. The van der Waals surface area contributed by atoms with Gasteiger partial charge in [-0.1, -0.05) is 0 Å². The third-order valence-corrected chi connectivity index (χ3v) is 3.90. The highest BCUT2D eigenvalue weighted by Crippen LogP contribution is 2.41. The number of rotatable bonds is 4. The molecule has 26 heavy (non-hydrogen) atoms. The summed E-state index contributed by atoms with van der Waals surface area (Å²) in [6, 6.07) is 7.83. The SMILES string of the molecule is CCNc1cc(Nc2cc[c]c3c2OCO3)nc2[nH]cc(C(F)(F)F)c12. The number of benzene rings is 1. The van der Waals surface area contributed by atoms with Crippen molar-refractivity contribution in [3.8, 4) is 11.5 Å². The summed E-state index contributed by atoms with van der Waals surface area (Å²) in [4.78, 5) is 6.86. The number of pyridine rings is 1. The van der Waals surface area contributed by atoms with Crippen LogP contribution in [0.5, 0.6) is 11.5 Å². The molecular weight excluding hydrogens is 349 g/mol. The van der Waals surface area contributed by atoms with Gasteiger partial charge in [-0.25, -0.2) is 4.98 Å². The van der Waals surface area contributed by atoms with Crippen LogP contribution in [-0.4, -0.2) is 23.3 Å². The molecule has 1 radical (unpaired) electrons. The van der Waals surface area contributed by atoms with Gasteiger partial charge in [0.25, 0.3) is 0 Å². The molecule has 135 valence electrons. The number of aromatic amines is 1. The number of hydrogen-bond acceptors (Lipinski definition) is 5. The number of halogens is 3. The normalized spacial score (nSPS) is 13.2. The van der Waals surface area contributed by atoms with E-state index in [0.29, 0.717) is 35.2 Å². The van der Waals surface area contributed by atoms with Gasteiger partial charge in [0.1, 0.15) is 11.5 Å². The van der Waals surface area contributed by atoms with E-state index in [0.717, 1.165) is 6.20 Å². The number of hydrogen-bond donors (Lipinski definition) is 3. The van der Waals surface area contributed by atoms with Crippen LogP contribution in [0, 0.1) is 6.07 Å². The molecule has 4 rings (SSSR count). The Balaban J connectivity index is 1.79. The van der Waals surface area contributed by atoms with Crippen LogP contribution in [0.3, 0.4) is 0 Å². The molecule has 9 heteroatoms. The third-order valence-electron chi connectivity index (χ3n) is 3.90. The number of H-pyrrole nitrogens is 1. The minimum atomic E-state index is -4.47. The van der Waals surface area contributed by atoms with Crippen LogP contribution in [0.15, 0.2) is 24.4 Å². The Labute approximate surface area is 146 Å². The summed E-state index contributed by atoms with van der Waals surface area (Å²) in [6.45, 7) is 2.36. The number of ether oxygens (including phenoxy) is 2. The zero-order valence-electron chi connectivity index (χ0n) is 13.6. The molecule has 0 saturated carbocycles. The average molecular weight is 363 g/mol. The van der Waals surface area contributed by atoms with E-state index in [1.54, 1.807) is 12.1 Å². The quantitative estimate of drug-likeness (QED) is 0.645. The largest absolute Gasteiger partial charge is 0.453 e. The van der Waals surface area contributed by atoms with Gasteiger partial charge in [0.15, 0.2) is 11.5 Å². The van der Waals surface area contributed by atoms with Crippen LogP contribution < -0.4 is 20.1 Å². The van der Waals surface area contributed by atoms with E-state index in [1.807, 2.05) is 6.92 Å². The molecule has 1 aliphatic heterocycles. The second kappa shape index (κ2) is 6.01. The molecule has 0 spiro atoms. The van der Waals surface area contributed by atoms with Crippen molar-refractivity contribution in [1.29, 1.82) is 0 Å². The maximum absolute atomic E-state index is 13.2. The van der Waals surface area contributed by atoms with Crippen molar-refractivity contribution in [2.75, 3.05) is 24.0 Å². The maximum atomic E-state index is 13.2. The van der Waals surface area contributed by atoms with E-state index < -0.39 is 11.7 Å². The van der Waals surface area contributed by atoms with E-state index in [2.05, 4.69) is 26.7 Å². The van der Waals surface area contributed by atoms with Crippen LogP contribution in [0.4, 0.5) is 30.4 Å². The fourth-order valence-corrected chi connectivity index (χ4v) is 2.85. The molecule has 6 nitrogen and oxygen atoms in total. The summed E-state index contributed by atoms with van der Waals surface area (Å²) in [5.74, 6) is 1.33. The Bertz CT molecular complexity index is 969. The first-order valence-corrected chi connectivity index (χ1v) is 7.88. The smallest absolute Gasteiger partial charge is 0.418 e. The second-order valence-corrected chi connectivity index (χ2v) is 5.59. The van der Waals surface area contributed by atoms with Crippen molar-refractivity contribution in [3.05, 3.63) is 36.0 Å². The van der Waals surface area contributed by atoms with Gasteiger partial charge in [-0.15, -0.1) is 0 Å². The molecule has 0 amide bonds. The van der Waals surface area contributed by atoms with Crippen molar-refractivity contribution in [3.63, 3.8) is 0 Å². The van der Waals surface area contributed by atoms with Crippen LogP contribution in [0.1, 0.15) is 12.5 Å². The average Bonchev–Trinajstić information content (AvgIpc) is 3.21. The summed E-state index contributed by atoms with van der Waals surface area (Å²) in [5.41, 5.74) is 0.307. The van der Waals surface area contributed by atoms with Gasteiger partial charge in [-0.2, -0.15) is 13.2 Å². The van der Waals surface area contributed by atoms with Gasteiger partial charge in [-0.3, -0.25) is 0 Å². The topological polar surface area (TPSA) is 71.2 Å². The van der Waals surface area contributed by atoms with Gasteiger partial charge in [0.2, 0.25) is 6.79 Å². The lowest BCUT2D eigenvalue weighted by Gasteiger charge is -2.13. The van der Waals surface area contributed by atoms with Gasteiger partial charge < -0.3 is 25.1 Å². The molecule has 0 aliphatic carbocycles. The highest BCUT2D eigenvalue weighted by molar-refractivity contribution is 5.95. The Morgan fingerprint density at radius 3 is 2.92 bits per heavy atom. The molecule has 0 fully saturated rings. The minimum Gasteiger partial charge on any atom is -0.453 e. The monoisotopic (exact) mass is 363 g/mol. The number of fused-ring (bicyclic) bond motifs is 2. The van der Waals surface area contributed by atoms with Crippen LogP contribution in [0.2, 0.25) is 0 Å². The van der Waals surface area contributed by atoms with Crippen molar-refractivity contribution in [1.82, 2.24) is 9.97 Å². The molecule has 3 aromatic rings. The zero-order chi connectivity index (χ0) is 18.3. The summed E-state index contributed by atoms with van der Waals surface area (Å²) < 4.78 is 50.4. The molecule has 3 N–H and O–H groups in total. The summed E-state index contributed by atoms with van der Waals surface area (Å²) in [7, 11) is 0. The molecule has 0 bridgehead atoms. The van der Waals surface area contributed by atoms with Crippen LogP contribution in [-0.2, 0) is 6.18 Å². The molecule has 0 unspecified atom stereocenters. The van der Waals surface area contributed by atoms with E-state index in [4.69, 9.17) is 9.47 Å². The molecule has 0 atom stereocenters. The van der Waals surface area contributed by atoms with Crippen LogP contribution in [0.25, 0.3) is 11.0 Å². The second-order valence-electron chi connectivity index (χ2n) is 5.59. The first kappa shape index (κ1) is 16.4. The first-order valence-electron chi connectivity index (χ1n) is 7.88. The lowest BCUT2D eigenvalue weighted by Crippen LogP contribution is -2.06. The number of aromatic nitrogens is 2. The molecule has 1 aromatic carbocycles. The van der Waals surface area contributed by atoms with E-state index >= 15 is 0 Å². The van der Waals surface area contributed by atoms with E-state index in [9.17, 15) is 13.2 Å². The van der Waals surface area contributed by atoms with E-state index in [-0.39, 0.29) is 17.8 Å². The molecule has 0 saturated heterocycles.